The molecule has 118 valence electrons. The highest BCUT2D eigenvalue weighted by Gasteiger charge is 2.12. The van der Waals surface area contributed by atoms with Crippen molar-refractivity contribution in [3.63, 3.8) is 0 Å². The van der Waals surface area contributed by atoms with Gasteiger partial charge in [-0.15, -0.1) is 11.3 Å². The van der Waals surface area contributed by atoms with Gasteiger partial charge in [0.15, 0.2) is 0 Å². The molecule has 0 spiro atoms. The monoisotopic (exact) mass is 342 g/mol. The first kappa shape index (κ1) is 16.6. The van der Waals surface area contributed by atoms with Gasteiger partial charge < -0.3 is 5.32 Å². The van der Waals surface area contributed by atoms with Crippen LogP contribution in [0.5, 0.6) is 0 Å². The zero-order valence-electron chi connectivity index (χ0n) is 11.8. The molecule has 1 aromatic heterocycles. The number of thiophene rings is 1. The van der Waals surface area contributed by atoms with E-state index in [1.54, 1.807) is 24.3 Å². The van der Waals surface area contributed by atoms with Crippen molar-refractivity contribution < 1.29 is 17.6 Å². The first-order valence-corrected chi connectivity index (χ1v) is 9.15. The zero-order chi connectivity index (χ0) is 16.2. The fourth-order valence-corrected chi connectivity index (χ4v) is 3.12. The van der Waals surface area contributed by atoms with E-state index >= 15 is 0 Å². The molecule has 1 amide bonds. The molecule has 2 rings (SSSR count). The number of halogens is 1. The summed E-state index contributed by atoms with van der Waals surface area (Å²) in [7, 11) is -3.22. The maximum Gasteiger partial charge on any atom is 0.265 e. The highest BCUT2D eigenvalue weighted by molar-refractivity contribution is 7.88. The molecule has 1 aromatic carbocycles. The quantitative estimate of drug-likeness (QED) is 0.845. The van der Waals surface area contributed by atoms with E-state index in [1.807, 2.05) is 0 Å². The van der Waals surface area contributed by atoms with Gasteiger partial charge in [-0.25, -0.2) is 17.5 Å². The van der Waals surface area contributed by atoms with Gasteiger partial charge in [-0.2, -0.15) is 0 Å². The van der Waals surface area contributed by atoms with Gasteiger partial charge in [-0.05, 0) is 30.7 Å². The molecular formula is C14H15FN2O3S2. The molecule has 0 aliphatic rings. The lowest BCUT2D eigenvalue weighted by molar-refractivity contribution is 0.103. The first-order chi connectivity index (χ1) is 10.3. The van der Waals surface area contributed by atoms with Crippen molar-refractivity contribution in [2.24, 2.45) is 0 Å². The van der Waals surface area contributed by atoms with Crippen LogP contribution in [0.15, 0.2) is 36.4 Å². The molecule has 22 heavy (non-hydrogen) atoms. The minimum Gasteiger partial charge on any atom is -0.319 e. The second kappa shape index (κ2) is 6.99. The van der Waals surface area contributed by atoms with Crippen LogP contribution in [0, 0.1) is 5.82 Å². The van der Waals surface area contributed by atoms with Crippen LogP contribution in [-0.2, 0) is 16.4 Å². The number of anilines is 1. The normalized spacial score (nSPS) is 11.4. The van der Waals surface area contributed by atoms with Gasteiger partial charge in [0.2, 0.25) is 10.0 Å². The summed E-state index contributed by atoms with van der Waals surface area (Å²) < 4.78 is 37.8. The number of amides is 1. The first-order valence-electron chi connectivity index (χ1n) is 6.44. The van der Waals surface area contributed by atoms with Crippen LogP contribution in [0.25, 0.3) is 0 Å². The molecule has 8 heteroatoms. The van der Waals surface area contributed by atoms with Gasteiger partial charge in [0.25, 0.3) is 5.91 Å². The molecule has 2 N–H and O–H groups in total. The van der Waals surface area contributed by atoms with Crippen LogP contribution in [-0.4, -0.2) is 27.1 Å². The van der Waals surface area contributed by atoms with Crippen molar-refractivity contribution in [3.05, 3.63) is 52.0 Å². The molecule has 1 heterocycles. The Labute approximate surface area is 132 Å². The molecule has 5 nitrogen and oxygen atoms in total. The summed E-state index contributed by atoms with van der Waals surface area (Å²) in [6.07, 6.45) is 1.58. The molecule has 0 aliphatic heterocycles. The van der Waals surface area contributed by atoms with Gasteiger partial charge in [0.05, 0.1) is 16.8 Å². The Morgan fingerprint density at radius 2 is 1.95 bits per heavy atom. The molecule has 0 bridgehead atoms. The summed E-state index contributed by atoms with van der Waals surface area (Å²) in [5.41, 5.74) is 0.126. The summed E-state index contributed by atoms with van der Waals surface area (Å²) in [4.78, 5) is 13.3. The lowest BCUT2D eigenvalue weighted by Crippen LogP contribution is -2.24. The predicted octanol–water partition coefficient (Wildman–Crippen LogP) is 2.23. The Morgan fingerprint density at radius 3 is 2.64 bits per heavy atom. The Morgan fingerprint density at radius 1 is 1.23 bits per heavy atom. The van der Waals surface area contributed by atoms with E-state index in [0.717, 1.165) is 11.1 Å². The minimum absolute atomic E-state index is 0.126. The molecule has 0 fully saturated rings. The lowest BCUT2D eigenvalue weighted by Gasteiger charge is -2.04. The molecule has 0 radical (unpaired) electrons. The third-order valence-corrected chi connectivity index (χ3v) is 4.62. The Kier molecular flexibility index (Phi) is 5.28. The number of carbonyl (C=O) groups excluding carboxylic acids is 1. The van der Waals surface area contributed by atoms with E-state index in [-0.39, 0.29) is 12.2 Å². The maximum atomic E-state index is 13.5. The molecule has 0 atom stereocenters. The number of hydrogen-bond acceptors (Lipinski definition) is 4. The van der Waals surface area contributed by atoms with Crippen LogP contribution < -0.4 is 10.0 Å². The topological polar surface area (TPSA) is 75.3 Å². The molecule has 0 saturated heterocycles. The lowest BCUT2D eigenvalue weighted by atomic mass is 10.3. The number of benzene rings is 1. The summed E-state index contributed by atoms with van der Waals surface area (Å²) in [5, 5.41) is 2.51. The smallest absolute Gasteiger partial charge is 0.265 e. The van der Waals surface area contributed by atoms with Crippen molar-refractivity contribution in [1.82, 2.24) is 4.72 Å². The highest BCUT2D eigenvalue weighted by Crippen LogP contribution is 2.20. The summed E-state index contributed by atoms with van der Waals surface area (Å²) in [6.45, 7) is 0.272. The molecular weight excluding hydrogens is 327 g/mol. The minimum atomic E-state index is -3.22. The van der Waals surface area contributed by atoms with Crippen molar-refractivity contribution in [2.45, 2.75) is 6.42 Å². The van der Waals surface area contributed by atoms with Crippen LogP contribution in [0.1, 0.15) is 14.5 Å². The van der Waals surface area contributed by atoms with E-state index in [1.165, 1.54) is 23.5 Å². The van der Waals surface area contributed by atoms with Crippen molar-refractivity contribution in [1.29, 1.82) is 0 Å². The average molecular weight is 342 g/mol. The van der Waals surface area contributed by atoms with E-state index < -0.39 is 21.7 Å². The van der Waals surface area contributed by atoms with Gasteiger partial charge in [-0.1, -0.05) is 12.1 Å². The van der Waals surface area contributed by atoms with Gasteiger partial charge in [0.1, 0.15) is 5.82 Å². The number of rotatable bonds is 6. The standard InChI is InChI=1S/C14H15FN2O3S2/c1-22(19,20)16-9-8-10-6-7-13(21-10)14(18)17-12-5-3-2-4-11(12)15/h2-7,16H,8-9H2,1H3,(H,17,18). The summed E-state index contributed by atoms with van der Waals surface area (Å²) in [6, 6.07) is 9.32. The third kappa shape index (κ3) is 4.90. The second-order valence-electron chi connectivity index (χ2n) is 4.62. The SMILES string of the molecule is CS(=O)(=O)NCCc1ccc(C(=O)Nc2ccccc2F)s1. The van der Waals surface area contributed by atoms with Crippen LogP contribution in [0.2, 0.25) is 0 Å². The van der Waals surface area contributed by atoms with Crippen molar-refractivity contribution >= 4 is 33.0 Å². The molecule has 0 aliphatic carbocycles. The second-order valence-corrected chi connectivity index (χ2v) is 7.62. The Bertz CT molecular complexity index is 772. The van der Waals surface area contributed by atoms with Crippen LogP contribution in [0.3, 0.4) is 0 Å². The number of para-hydroxylation sites is 1. The largest absolute Gasteiger partial charge is 0.319 e. The van der Waals surface area contributed by atoms with E-state index in [0.29, 0.717) is 11.3 Å². The number of carbonyl (C=O) groups is 1. The molecule has 0 unspecified atom stereocenters. The van der Waals surface area contributed by atoms with Crippen molar-refractivity contribution in [3.8, 4) is 0 Å². The third-order valence-electron chi connectivity index (χ3n) is 2.74. The number of nitrogens with one attached hydrogen (secondary N) is 2. The highest BCUT2D eigenvalue weighted by atomic mass is 32.2. The van der Waals surface area contributed by atoms with Gasteiger partial charge in [-0.3, -0.25) is 4.79 Å². The number of hydrogen-bond donors (Lipinski definition) is 2. The predicted molar refractivity (Wildman–Crippen MR) is 85.2 cm³/mol. The maximum absolute atomic E-state index is 13.5. The molecule has 0 saturated carbocycles. The van der Waals surface area contributed by atoms with Crippen molar-refractivity contribution in [2.75, 3.05) is 18.1 Å². The van der Waals surface area contributed by atoms with E-state index in [2.05, 4.69) is 10.0 Å². The fraction of sp³-hybridized carbons (Fsp3) is 0.214. The summed E-state index contributed by atoms with van der Waals surface area (Å²) in [5.74, 6) is -0.887. The van der Waals surface area contributed by atoms with Crippen LogP contribution in [0.4, 0.5) is 10.1 Å². The molecule has 2 aromatic rings. The van der Waals surface area contributed by atoms with Gasteiger partial charge in [0, 0.05) is 11.4 Å². The van der Waals surface area contributed by atoms with Gasteiger partial charge >= 0.3 is 0 Å². The van der Waals surface area contributed by atoms with Crippen LogP contribution >= 0.6 is 11.3 Å². The average Bonchev–Trinajstić information content (AvgIpc) is 2.89. The fourth-order valence-electron chi connectivity index (χ4n) is 1.74. The van der Waals surface area contributed by atoms with E-state index in [9.17, 15) is 17.6 Å². The summed E-state index contributed by atoms with van der Waals surface area (Å²) >= 11 is 1.25. The Balaban J connectivity index is 1.96. The number of sulfonamides is 1. The Hall–Kier alpha value is -1.77. The van der Waals surface area contributed by atoms with E-state index in [4.69, 9.17) is 0 Å². The zero-order valence-corrected chi connectivity index (χ0v) is 13.4.